The van der Waals surface area contributed by atoms with Crippen molar-refractivity contribution in [3.8, 4) is 0 Å². The van der Waals surface area contributed by atoms with Gasteiger partial charge < -0.3 is 9.67 Å². The first-order chi connectivity index (χ1) is 10.0. The number of unbranched alkanes of at least 4 members (excludes halogenated alkanes) is 1. The lowest BCUT2D eigenvalue weighted by atomic mass is 9.94. The van der Waals surface area contributed by atoms with Gasteiger partial charge in [-0.2, -0.15) is 0 Å². The Morgan fingerprint density at radius 1 is 1.52 bits per heavy atom. The molecule has 1 saturated carbocycles. The van der Waals surface area contributed by atoms with Crippen molar-refractivity contribution in [2.45, 2.75) is 76.9 Å². The molecule has 5 heteroatoms. The third-order valence-corrected chi connectivity index (χ3v) is 4.17. The Morgan fingerprint density at radius 3 is 2.90 bits per heavy atom. The van der Waals surface area contributed by atoms with Gasteiger partial charge >= 0.3 is 5.97 Å². The lowest BCUT2D eigenvalue weighted by Gasteiger charge is -2.26. The second-order valence-electron chi connectivity index (χ2n) is 6.30. The molecule has 1 unspecified atom stereocenters. The zero-order valence-electron chi connectivity index (χ0n) is 13.1. The van der Waals surface area contributed by atoms with Crippen molar-refractivity contribution in [2.75, 3.05) is 0 Å². The maximum Gasteiger partial charge on any atom is 0.323 e. The smallest absolute Gasteiger partial charge is 0.323 e. The summed E-state index contributed by atoms with van der Waals surface area (Å²) in [6, 6.07) is 0.413. The minimum atomic E-state index is -0.775. The van der Waals surface area contributed by atoms with Crippen molar-refractivity contribution >= 4 is 5.97 Å². The van der Waals surface area contributed by atoms with E-state index in [4.69, 9.17) is 0 Å². The fraction of sp³-hybridized carbons (Fsp3) is 0.750. The van der Waals surface area contributed by atoms with Gasteiger partial charge in [-0.3, -0.25) is 10.1 Å². The minimum Gasteiger partial charge on any atom is -0.480 e. The standard InChI is InChI=1S/C16H27N3O2/c1-3-6-14-17-10-12-19(14)11-5-4-9-16(2,15(20)21)18-13-7-8-13/h10,12-13,18H,3-9,11H2,1-2H3,(H,20,21). The summed E-state index contributed by atoms with van der Waals surface area (Å²) in [5.74, 6) is 0.401. The average molecular weight is 293 g/mol. The number of hydrogen-bond acceptors (Lipinski definition) is 3. The zero-order chi connectivity index (χ0) is 15.3. The Balaban J connectivity index is 1.76. The first-order valence-corrected chi connectivity index (χ1v) is 8.06. The van der Waals surface area contributed by atoms with Crippen LogP contribution < -0.4 is 5.32 Å². The van der Waals surface area contributed by atoms with Gasteiger partial charge in [-0.25, -0.2) is 4.98 Å². The SMILES string of the molecule is CCCc1nccn1CCCCC(C)(NC1CC1)C(=O)O. The predicted octanol–water partition coefficient (Wildman–Crippen LogP) is 2.60. The van der Waals surface area contributed by atoms with E-state index in [1.165, 1.54) is 0 Å². The molecule has 5 nitrogen and oxygen atoms in total. The second-order valence-corrected chi connectivity index (χ2v) is 6.30. The zero-order valence-corrected chi connectivity index (χ0v) is 13.1. The van der Waals surface area contributed by atoms with Crippen molar-refractivity contribution in [1.29, 1.82) is 0 Å². The molecular weight excluding hydrogens is 266 g/mol. The Morgan fingerprint density at radius 2 is 2.29 bits per heavy atom. The number of nitrogens with zero attached hydrogens (tertiary/aromatic N) is 2. The molecule has 1 atom stereocenters. The van der Waals surface area contributed by atoms with Gasteiger partial charge in [-0.15, -0.1) is 0 Å². The van der Waals surface area contributed by atoms with Gasteiger partial charge in [0.15, 0.2) is 0 Å². The van der Waals surface area contributed by atoms with E-state index in [1.54, 1.807) is 0 Å². The molecule has 0 saturated heterocycles. The number of aliphatic carboxylic acids is 1. The Bertz CT molecular complexity index is 468. The van der Waals surface area contributed by atoms with Gasteiger partial charge in [0.25, 0.3) is 0 Å². The summed E-state index contributed by atoms with van der Waals surface area (Å²) in [5, 5.41) is 12.7. The number of aromatic nitrogens is 2. The summed E-state index contributed by atoms with van der Waals surface area (Å²) in [6.07, 6.45) is 10.8. The second kappa shape index (κ2) is 7.07. The molecular formula is C16H27N3O2. The lowest BCUT2D eigenvalue weighted by Crippen LogP contribution is -2.50. The third kappa shape index (κ3) is 4.56. The first kappa shape index (κ1) is 16.0. The number of carbonyl (C=O) groups is 1. The Kier molecular flexibility index (Phi) is 5.39. The number of rotatable bonds is 10. The number of imidazole rings is 1. The van der Waals surface area contributed by atoms with Crippen molar-refractivity contribution in [3.63, 3.8) is 0 Å². The lowest BCUT2D eigenvalue weighted by molar-refractivity contribution is -0.144. The largest absolute Gasteiger partial charge is 0.480 e. The molecule has 0 amide bonds. The molecule has 1 aromatic rings. The van der Waals surface area contributed by atoms with Crippen LogP contribution in [0.4, 0.5) is 0 Å². The number of nitrogens with one attached hydrogen (secondary N) is 1. The highest BCUT2D eigenvalue weighted by Crippen LogP contribution is 2.25. The van der Waals surface area contributed by atoms with E-state index in [9.17, 15) is 9.90 Å². The summed E-state index contributed by atoms with van der Waals surface area (Å²) in [6.45, 7) is 4.89. The van der Waals surface area contributed by atoms with Gasteiger partial charge in [0, 0.05) is 31.4 Å². The Labute approximate surface area is 126 Å². The summed E-state index contributed by atoms with van der Waals surface area (Å²) in [5.41, 5.74) is -0.775. The molecule has 1 fully saturated rings. The van der Waals surface area contributed by atoms with Gasteiger partial charge in [-0.05, 0) is 45.4 Å². The van der Waals surface area contributed by atoms with Crippen LogP contribution in [0.5, 0.6) is 0 Å². The highest BCUT2D eigenvalue weighted by Gasteiger charge is 2.37. The van der Waals surface area contributed by atoms with E-state index in [-0.39, 0.29) is 0 Å². The molecule has 0 bridgehead atoms. The van der Waals surface area contributed by atoms with E-state index in [0.29, 0.717) is 12.5 Å². The molecule has 1 heterocycles. The van der Waals surface area contributed by atoms with Crippen LogP contribution in [-0.4, -0.2) is 32.2 Å². The summed E-state index contributed by atoms with van der Waals surface area (Å²) < 4.78 is 2.19. The minimum absolute atomic E-state index is 0.413. The summed E-state index contributed by atoms with van der Waals surface area (Å²) in [7, 11) is 0. The van der Waals surface area contributed by atoms with Crippen LogP contribution in [-0.2, 0) is 17.8 Å². The highest BCUT2D eigenvalue weighted by atomic mass is 16.4. The normalized spacial score (nSPS) is 17.6. The molecule has 0 aliphatic heterocycles. The van der Waals surface area contributed by atoms with Crippen molar-refractivity contribution in [3.05, 3.63) is 18.2 Å². The molecule has 0 spiro atoms. The van der Waals surface area contributed by atoms with Crippen molar-refractivity contribution in [2.24, 2.45) is 0 Å². The van der Waals surface area contributed by atoms with Crippen molar-refractivity contribution in [1.82, 2.24) is 14.9 Å². The number of carboxylic acids is 1. The van der Waals surface area contributed by atoms with E-state index in [1.807, 2.05) is 19.3 Å². The maximum atomic E-state index is 11.5. The number of aryl methyl sites for hydroxylation is 2. The highest BCUT2D eigenvalue weighted by molar-refractivity contribution is 5.78. The predicted molar refractivity (Wildman–Crippen MR) is 82.3 cm³/mol. The maximum absolute atomic E-state index is 11.5. The molecule has 1 aromatic heterocycles. The van der Waals surface area contributed by atoms with Gasteiger partial charge in [0.05, 0.1) is 0 Å². The van der Waals surface area contributed by atoms with E-state index < -0.39 is 11.5 Å². The molecule has 2 rings (SSSR count). The first-order valence-electron chi connectivity index (χ1n) is 8.06. The number of hydrogen-bond donors (Lipinski definition) is 2. The Hall–Kier alpha value is -1.36. The molecule has 118 valence electrons. The summed E-state index contributed by atoms with van der Waals surface area (Å²) >= 11 is 0. The monoisotopic (exact) mass is 293 g/mol. The van der Waals surface area contributed by atoms with Crippen LogP contribution in [0.1, 0.15) is 58.2 Å². The van der Waals surface area contributed by atoms with Crippen molar-refractivity contribution < 1.29 is 9.90 Å². The average Bonchev–Trinajstić information content (AvgIpc) is 3.13. The van der Waals surface area contributed by atoms with Crippen LogP contribution in [0, 0.1) is 0 Å². The molecule has 2 N–H and O–H groups in total. The van der Waals surface area contributed by atoms with E-state index in [2.05, 4.69) is 21.8 Å². The van der Waals surface area contributed by atoms with Crippen LogP contribution in [0.15, 0.2) is 12.4 Å². The molecule has 1 aliphatic rings. The quantitative estimate of drug-likeness (QED) is 0.651. The van der Waals surface area contributed by atoms with E-state index >= 15 is 0 Å². The fourth-order valence-corrected chi connectivity index (χ4v) is 2.68. The van der Waals surface area contributed by atoms with E-state index in [0.717, 1.165) is 50.9 Å². The number of carboxylic acid groups (broad SMARTS) is 1. The summed E-state index contributed by atoms with van der Waals surface area (Å²) in [4.78, 5) is 15.8. The fourth-order valence-electron chi connectivity index (χ4n) is 2.68. The van der Waals surface area contributed by atoms with Gasteiger partial charge in [0.1, 0.15) is 11.4 Å². The van der Waals surface area contributed by atoms with Crippen LogP contribution >= 0.6 is 0 Å². The van der Waals surface area contributed by atoms with Crippen LogP contribution in [0.3, 0.4) is 0 Å². The molecule has 0 radical (unpaired) electrons. The molecule has 21 heavy (non-hydrogen) atoms. The molecule has 0 aromatic carbocycles. The van der Waals surface area contributed by atoms with Crippen LogP contribution in [0.2, 0.25) is 0 Å². The van der Waals surface area contributed by atoms with Gasteiger partial charge in [-0.1, -0.05) is 6.92 Å². The van der Waals surface area contributed by atoms with Crippen LogP contribution in [0.25, 0.3) is 0 Å². The van der Waals surface area contributed by atoms with Gasteiger partial charge in [0.2, 0.25) is 0 Å². The third-order valence-electron chi connectivity index (χ3n) is 4.17. The topological polar surface area (TPSA) is 67.2 Å². The molecule has 1 aliphatic carbocycles.